The number of hydrogen-bond acceptors (Lipinski definition) is 2. The number of rotatable bonds is 2. The van der Waals surface area contributed by atoms with Crippen molar-refractivity contribution in [3.05, 3.63) is 31.8 Å². The molecular formula is C9H8BrIOS. The number of carbonyl (C=O) groups excluding carboxylic acids is 1. The highest BCUT2D eigenvalue weighted by Gasteiger charge is 2.02. The Labute approximate surface area is 104 Å². The smallest absolute Gasteiger partial charge is 0.186 e. The highest BCUT2D eigenvalue weighted by atomic mass is 127. The van der Waals surface area contributed by atoms with Crippen molar-refractivity contribution in [2.24, 2.45) is 0 Å². The van der Waals surface area contributed by atoms with Crippen molar-refractivity contribution in [1.29, 1.82) is 0 Å². The number of thioether (sulfide) groups is 1. The van der Waals surface area contributed by atoms with Crippen LogP contribution >= 0.6 is 50.3 Å². The zero-order chi connectivity index (χ0) is 9.84. The van der Waals surface area contributed by atoms with E-state index in [9.17, 15) is 4.79 Å². The maximum atomic E-state index is 10.8. The lowest BCUT2D eigenvalue weighted by Crippen LogP contribution is -1.88. The van der Waals surface area contributed by atoms with Gasteiger partial charge in [-0.25, -0.2) is 0 Å². The minimum atomic E-state index is 0.158. The Bertz CT molecular complexity index is 327. The second kappa shape index (κ2) is 5.36. The van der Waals surface area contributed by atoms with E-state index in [1.165, 1.54) is 20.9 Å². The van der Waals surface area contributed by atoms with Crippen LogP contribution in [0.3, 0.4) is 0 Å². The SMILES string of the molecule is CC(=O)SCc1cc(I)ccc1Br. The highest BCUT2D eigenvalue weighted by molar-refractivity contribution is 14.1. The van der Waals surface area contributed by atoms with Gasteiger partial charge in [0.05, 0.1) is 0 Å². The molecule has 1 nitrogen and oxygen atoms in total. The molecule has 0 bridgehead atoms. The number of benzene rings is 1. The monoisotopic (exact) mass is 370 g/mol. The molecular weight excluding hydrogens is 363 g/mol. The van der Waals surface area contributed by atoms with Crippen LogP contribution in [0, 0.1) is 3.57 Å². The Balaban J connectivity index is 2.75. The molecule has 1 aromatic carbocycles. The Morgan fingerprint density at radius 3 is 2.92 bits per heavy atom. The van der Waals surface area contributed by atoms with Gasteiger partial charge >= 0.3 is 0 Å². The van der Waals surface area contributed by atoms with Crippen molar-refractivity contribution in [2.45, 2.75) is 12.7 Å². The topological polar surface area (TPSA) is 17.1 Å². The summed E-state index contributed by atoms with van der Waals surface area (Å²) in [6.07, 6.45) is 0. The molecule has 0 N–H and O–H groups in total. The zero-order valence-electron chi connectivity index (χ0n) is 7.01. The summed E-state index contributed by atoms with van der Waals surface area (Å²) in [4.78, 5) is 10.8. The molecule has 1 aromatic rings. The van der Waals surface area contributed by atoms with E-state index < -0.39 is 0 Å². The first-order chi connectivity index (χ1) is 6.09. The Hall–Kier alpha value is 0.450. The Morgan fingerprint density at radius 2 is 2.31 bits per heavy atom. The first-order valence-electron chi connectivity index (χ1n) is 3.67. The van der Waals surface area contributed by atoms with Crippen LogP contribution in [0.4, 0.5) is 0 Å². The van der Waals surface area contributed by atoms with E-state index in [0.717, 1.165) is 10.2 Å². The van der Waals surface area contributed by atoms with Crippen LogP contribution in [0.1, 0.15) is 12.5 Å². The molecule has 13 heavy (non-hydrogen) atoms. The standard InChI is InChI=1S/C9H8BrIOS/c1-6(12)13-5-7-4-8(11)2-3-9(7)10/h2-4H,5H2,1H3. The predicted molar refractivity (Wildman–Crippen MR) is 68.8 cm³/mol. The molecule has 70 valence electrons. The maximum absolute atomic E-state index is 10.8. The molecule has 0 radical (unpaired) electrons. The molecule has 0 aromatic heterocycles. The van der Waals surface area contributed by atoms with Gasteiger partial charge in [0, 0.05) is 20.7 Å². The summed E-state index contributed by atoms with van der Waals surface area (Å²) >= 11 is 7.05. The van der Waals surface area contributed by atoms with Gasteiger partial charge < -0.3 is 0 Å². The summed E-state index contributed by atoms with van der Waals surface area (Å²) in [6, 6.07) is 6.13. The van der Waals surface area contributed by atoms with Crippen LogP contribution in [0.5, 0.6) is 0 Å². The maximum Gasteiger partial charge on any atom is 0.186 e. The molecule has 0 atom stereocenters. The molecule has 0 aliphatic heterocycles. The van der Waals surface area contributed by atoms with Crippen LogP contribution in [0.15, 0.2) is 22.7 Å². The lowest BCUT2D eigenvalue weighted by molar-refractivity contribution is -0.109. The van der Waals surface area contributed by atoms with E-state index >= 15 is 0 Å². The van der Waals surface area contributed by atoms with E-state index in [1.807, 2.05) is 12.1 Å². The van der Waals surface area contributed by atoms with Gasteiger partial charge in [0.25, 0.3) is 0 Å². The van der Waals surface area contributed by atoms with E-state index in [2.05, 4.69) is 44.6 Å². The van der Waals surface area contributed by atoms with Gasteiger partial charge in [-0.15, -0.1) is 0 Å². The van der Waals surface area contributed by atoms with Crippen LogP contribution < -0.4 is 0 Å². The lowest BCUT2D eigenvalue weighted by atomic mass is 10.2. The average Bonchev–Trinajstić information content (AvgIpc) is 2.06. The molecule has 0 spiro atoms. The summed E-state index contributed by atoms with van der Waals surface area (Å²) < 4.78 is 2.27. The Kier molecular flexibility index (Phi) is 4.75. The summed E-state index contributed by atoms with van der Waals surface area (Å²) in [5.74, 6) is 0.743. The van der Waals surface area contributed by atoms with Crippen LogP contribution in [0.2, 0.25) is 0 Å². The molecule has 0 heterocycles. The van der Waals surface area contributed by atoms with Crippen molar-refractivity contribution in [3.8, 4) is 0 Å². The predicted octanol–water partition coefficient (Wildman–Crippen LogP) is 3.83. The van der Waals surface area contributed by atoms with Crippen molar-refractivity contribution < 1.29 is 4.79 Å². The van der Waals surface area contributed by atoms with Crippen LogP contribution in [-0.2, 0) is 10.5 Å². The van der Waals surface area contributed by atoms with Gasteiger partial charge in [-0.05, 0) is 46.4 Å². The third kappa shape index (κ3) is 3.99. The van der Waals surface area contributed by atoms with Crippen molar-refractivity contribution in [2.75, 3.05) is 0 Å². The Morgan fingerprint density at radius 1 is 1.62 bits per heavy atom. The van der Waals surface area contributed by atoms with E-state index in [-0.39, 0.29) is 5.12 Å². The van der Waals surface area contributed by atoms with Gasteiger partial charge in [0.15, 0.2) is 5.12 Å². The summed E-state index contributed by atoms with van der Waals surface area (Å²) in [5, 5.41) is 0.158. The summed E-state index contributed by atoms with van der Waals surface area (Å²) in [6.45, 7) is 1.59. The first kappa shape index (κ1) is 11.5. The lowest BCUT2D eigenvalue weighted by Gasteiger charge is -2.02. The normalized spacial score (nSPS) is 10.1. The second-order valence-electron chi connectivity index (χ2n) is 2.52. The number of halogens is 2. The fourth-order valence-electron chi connectivity index (χ4n) is 0.833. The molecule has 1 rings (SSSR count). The van der Waals surface area contributed by atoms with Crippen molar-refractivity contribution in [3.63, 3.8) is 0 Å². The van der Waals surface area contributed by atoms with Gasteiger partial charge in [0.2, 0.25) is 0 Å². The number of hydrogen-bond donors (Lipinski definition) is 0. The molecule has 0 saturated carbocycles. The molecule has 0 aliphatic carbocycles. The van der Waals surface area contributed by atoms with Gasteiger partial charge in [-0.1, -0.05) is 27.7 Å². The van der Waals surface area contributed by atoms with Gasteiger partial charge in [-0.3, -0.25) is 4.79 Å². The van der Waals surface area contributed by atoms with E-state index in [1.54, 1.807) is 6.92 Å². The van der Waals surface area contributed by atoms with Crippen molar-refractivity contribution >= 4 is 55.4 Å². The third-order valence-electron chi connectivity index (χ3n) is 1.44. The molecule has 4 heteroatoms. The molecule has 0 aliphatic rings. The third-order valence-corrected chi connectivity index (χ3v) is 3.75. The molecule has 0 saturated heterocycles. The fourth-order valence-corrected chi connectivity index (χ4v) is 2.56. The summed E-state index contributed by atoms with van der Waals surface area (Å²) in [5.41, 5.74) is 1.17. The highest BCUT2D eigenvalue weighted by Crippen LogP contribution is 2.23. The average molecular weight is 371 g/mol. The quantitative estimate of drug-likeness (QED) is 0.736. The zero-order valence-corrected chi connectivity index (χ0v) is 11.6. The molecule has 0 amide bonds. The first-order valence-corrected chi connectivity index (χ1v) is 6.52. The van der Waals surface area contributed by atoms with Gasteiger partial charge in [-0.2, -0.15) is 0 Å². The van der Waals surface area contributed by atoms with Gasteiger partial charge in [0.1, 0.15) is 0 Å². The molecule has 0 fully saturated rings. The minimum Gasteiger partial charge on any atom is -0.288 e. The van der Waals surface area contributed by atoms with Crippen LogP contribution in [-0.4, -0.2) is 5.12 Å². The van der Waals surface area contributed by atoms with Crippen LogP contribution in [0.25, 0.3) is 0 Å². The van der Waals surface area contributed by atoms with Crippen molar-refractivity contribution in [1.82, 2.24) is 0 Å². The second-order valence-corrected chi connectivity index (χ2v) is 5.77. The number of carbonyl (C=O) groups is 1. The van der Waals surface area contributed by atoms with E-state index in [4.69, 9.17) is 0 Å². The largest absolute Gasteiger partial charge is 0.288 e. The van der Waals surface area contributed by atoms with E-state index in [0.29, 0.717) is 0 Å². The minimum absolute atomic E-state index is 0.158. The molecule has 0 unspecified atom stereocenters. The fraction of sp³-hybridized carbons (Fsp3) is 0.222. The summed E-state index contributed by atoms with van der Waals surface area (Å²) in [7, 11) is 0.